The van der Waals surface area contributed by atoms with Gasteiger partial charge in [0.25, 0.3) is 11.8 Å². The van der Waals surface area contributed by atoms with Gasteiger partial charge in [-0.05, 0) is 74.1 Å². The number of aliphatic hydroxyl groups excluding tert-OH is 1. The highest BCUT2D eigenvalue weighted by atomic mass is 32.2. The third-order valence-electron chi connectivity index (χ3n) is 7.82. The van der Waals surface area contributed by atoms with Crippen molar-refractivity contribution in [1.29, 1.82) is 0 Å². The van der Waals surface area contributed by atoms with Crippen LogP contribution in [-0.4, -0.2) is 78.7 Å². The zero-order valence-corrected chi connectivity index (χ0v) is 29.8. The number of nitrogens with one attached hydrogen (secondary N) is 2. The molecule has 3 aromatic carbocycles. The van der Waals surface area contributed by atoms with Gasteiger partial charge in [0.2, 0.25) is 10.0 Å². The zero-order chi connectivity index (χ0) is 35.8. The highest BCUT2D eigenvalue weighted by Crippen LogP contribution is 2.17. The van der Waals surface area contributed by atoms with E-state index in [9.17, 15) is 28.2 Å². The first-order valence-electron chi connectivity index (χ1n) is 16.9. The van der Waals surface area contributed by atoms with Crippen molar-refractivity contribution in [1.82, 2.24) is 20.1 Å². The molecular formula is C38H50N4O6S. The van der Waals surface area contributed by atoms with Crippen molar-refractivity contribution in [2.75, 3.05) is 26.2 Å². The average molecular weight is 691 g/mol. The van der Waals surface area contributed by atoms with Crippen LogP contribution in [0, 0.1) is 11.8 Å². The maximum absolute atomic E-state index is 13.9. The van der Waals surface area contributed by atoms with Crippen LogP contribution in [-0.2, 0) is 22.2 Å². The number of amides is 2. The molecule has 4 N–H and O–H groups in total. The molecule has 0 aromatic heterocycles. The van der Waals surface area contributed by atoms with Gasteiger partial charge >= 0.3 is 0 Å². The molecule has 0 saturated carbocycles. The molecule has 2 unspecified atom stereocenters. The summed E-state index contributed by atoms with van der Waals surface area (Å²) in [5.41, 5.74) is 2.44. The topological polar surface area (TPSA) is 139 Å². The van der Waals surface area contributed by atoms with Gasteiger partial charge in [-0.2, -0.15) is 0 Å². The van der Waals surface area contributed by atoms with Crippen LogP contribution < -0.4 is 10.1 Å². The van der Waals surface area contributed by atoms with E-state index in [0.717, 1.165) is 24.8 Å². The largest absolute Gasteiger partial charge is 0.508 e. The molecule has 3 rings (SSSR count). The van der Waals surface area contributed by atoms with Crippen LogP contribution in [0.3, 0.4) is 0 Å². The molecule has 0 saturated heterocycles. The predicted octanol–water partition coefficient (Wildman–Crippen LogP) is 4.86. The SMILES string of the molecule is CC#Cc1cc(C(=O)NC(Cc2ccc(O)cc2)C(O)CN(CCCC)NS(=O)(=O)Cc2ccccc2)cc(C(=O)N(CCC)CCC)c1. The fourth-order valence-electron chi connectivity index (χ4n) is 5.46. The molecule has 264 valence electrons. The summed E-state index contributed by atoms with van der Waals surface area (Å²) in [6.07, 6.45) is 2.03. The van der Waals surface area contributed by atoms with Gasteiger partial charge < -0.3 is 20.4 Å². The first kappa shape index (κ1) is 39.2. The van der Waals surface area contributed by atoms with Crippen LogP contribution in [0.5, 0.6) is 5.75 Å². The third-order valence-corrected chi connectivity index (χ3v) is 9.07. The number of phenols is 1. The number of phenolic OH excluding ortho intramolecular Hbond substituents is 1. The summed E-state index contributed by atoms with van der Waals surface area (Å²) >= 11 is 0. The van der Waals surface area contributed by atoms with Gasteiger partial charge in [0.15, 0.2) is 0 Å². The molecule has 0 heterocycles. The van der Waals surface area contributed by atoms with Gasteiger partial charge in [-0.3, -0.25) is 9.59 Å². The summed E-state index contributed by atoms with van der Waals surface area (Å²) in [5.74, 6) is 4.94. The molecule has 0 aliphatic carbocycles. The van der Waals surface area contributed by atoms with Gasteiger partial charge in [-0.15, -0.1) is 10.8 Å². The Labute approximate surface area is 291 Å². The molecule has 11 heteroatoms. The monoisotopic (exact) mass is 690 g/mol. The Morgan fingerprint density at radius 3 is 2.12 bits per heavy atom. The number of rotatable bonds is 19. The van der Waals surface area contributed by atoms with E-state index in [1.165, 1.54) is 17.1 Å². The van der Waals surface area contributed by atoms with Crippen molar-refractivity contribution in [2.24, 2.45) is 0 Å². The minimum Gasteiger partial charge on any atom is -0.508 e. The van der Waals surface area contributed by atoms with Crippen molar-refractivity contribution in [2.45, 2.75) is 77.7 Å². The smallest absolute Gasteiger partial charge is 0.253 e. The lowest BCUT2D eigenvalue weighted by Crippen LogP contribution is -2.53. The highest BCUT2D eigenvalue weighted by Gasteiger charge is 2.27. The van der Waals surface area contributed by atoms with E-state index in [0.29, 0.717) is 42.7 Å². The maximum atomic E-state index is 13.9. The van der Waals surface area contributed by atoms with E-state index in [1.54, 1.807) is 66.4 Å². The van der Waals surface area contributed by atoms with E-state index in [4.69, 9.17) is 0 Å². The van der Waals surface area contributed by atoms with Crippen molar-refractivity contribution in [3.05, 3.63) is 101 Å². The van der Waals surface area contributed by atoms with Gasteiger partial charge in [-0.1, -0.05) is 75.6 Å². The second-order valence-electron chi connectivity index (χ2n) is 12.1. The second-order valence-corrected chi connectivity index (χ2v) is 13.8. The molecule has 49 heavy (non-hydrogen) atoms. The Kier molecular flexibility index (Phi) is 15.8. The summed E-state index contributed by atoms with van der Waals surface area (Å²) in [6.45, 7) is 9.08. The Morgan fingerprint density at radius 2 is 1.51 bits per heavy atom. The first-order valence-corrected chi connectivity index (χ1v) is 18.6. The van der Waals surface area contributed by atoms with E-state index >= 15 is 0 Å². The summed E-state index contributed by atoms with van der Waals surface area (Å²) in [6, 6.07) is 19.3. The minimum absolute atomic E-state index is 0.0784. The Balaban J connectivity index is 1.92. The number of nitrogens with zero attached hydrogens (tertiary/aromatic N) is 2. The number of sulfonamides is 1. The lowest BCUT2D eigenvalue weighted by Gasteiger charge is -2.30. The minimum atomic E-state index is -3.80. The van der Waals surface area contributed by atoms with E-state index in [-0.39, 0.29) is 35.9 Å². The van der Waals surface area contributed by atoms with E-state index in [1.807, 2.05) is 26.8 Å². The van der Waals surface area contributed by atoms with Gasteiger partial charge in [0.1, 0.15) is 5.75 Å². The summed E-state index contributed by atoms with van der Waals surface area (Å²) in [4.78, 5) is 31.8. The molecule has 0 fully saturated rings. The highest BCUT2D eigenvalue weighted by molar-refractivity contribution is 7.88. The summed E-state index contributed by atoms with van der Waals surface area (Å²) in [7, 11) is -3.80. The summed E-state index contributed by atoms with van der Waals surface area (Å²) < 4.78 is 26.3. The van der Waals surface area contributed by atoms with Gasteiger partial charge in [0.05, 0.1) is 17.9 Å². The predicted molar refractivity (Wildman–Crippen MR) is 193 cm³/mol. The normalized spacial score (nSPS) is 12.5. The fourth-order valence-corrected chi connectivity index (χ4v) is 6.71. The number of carbonyl (C=O) groups excluding carboxylic acids is 2. The van der Waals surface area contributed by atoms with Crippen LogP contribution in [0.25, 0.3) is 0 Å². The molecule has 2 atom stereocenters. The molecule has 10 nitrogen and oxygen atoms in total. The summed E-state index contributed by atoms with van der Waals surface area (Å²) in [5, 5.41) is 25.9. The molecule has 0 aliphatic heterocycles. The zero-order valence-electron chi connectivity index (χ0n) is 29.0. The standard InChI is InChI=1S/C38H50N4O6S/c1-5-9-22-42(40-49(47,48)28-30-14-11-10-12-15-30)27-36(44)35(25-29-16-18-34(43)19-17-29)39-37(45)32-23-31(13-6-2)24-33(26-32)38(46)41(20-7-3)21-8-4/h10-12,14-19,23-24,26,35-36,40,43-44H,5,7-9,20-22,25,27-28H2,1-4H3,(H,39,45). The van der Waals surface area contributed by atoms with Crippen LogP contribution in [0.15, 0.2) is 72.8 Å². The Bertz CT molecular complexity index is 1660. The lowest BCUT2D eigenvalue weighted by molar-refractivity contribution is 0.0614. The van der Waals surface area contributed by atoms with Crippen molar-refractivity contribution < 1.29 is 28.2 Å². The Hall–Kier alpha value is -4.21. The second kappa shape index (κ2) is 19.7. The molecule has 0 radical (unpaired) electrons. The van der Waals surface area contributed by atoms with Gasteiger partial charge in [0, 0.05) is 42.9 Å². The van der Waals surface area contributed by atoms with Crippen LogP contribution in [0.1, 0.15) is 90.8 Å². The number of hydrogen-bond acceptors (Lipinski definition) is 7. The molecule has 0 aliphatic rings. The molecule has 0 spiro atoms. The maximum Gasteiger partial charge on any atom is 0.253 e. The quantitative estimate of drug-likeness (QED) is 0.104. The number of hydrazine groups is 1. The third kappa shape index (κ3) is 13.0. The number of unbranched alkanes of at least 4 members (excludes halogenated alkanes) is 1. The van der Waals surface area contributed by atoms with Crippen molar-refractivity contribution >= 4 is 21.8 Å². The van der Waals surface area contributed by atoms with Crippen LogP contribution >= 0.6 is 0 Å². The molecule has 2 amide bonds. The number of aliphatic hydroxyl groups is 1. The number of benzene rings is 3. The average Bonchev–Trinajstić information content (AvgIpc) is 3.07. The van der Waals surface area contributed by atoms with Crippen molar-refractivity contribution in [3.8, 4) is 17.6 Å². The number of aromatic hydroxyl groups is 1. The van der Waals surface area contributed by atoms with Crippen molar-refractivity contribution in [3.63, 3.8) is 0 Å². The number of carbonyl (C=O) groups is 2. The van der Waals surface area contributed by atoms with Crippen LogP contribution in [0.4, 0.5) is 0 Å². The molecule has 0 bridgehead atoms. The van der Waals surface area contributed by atoms with E-state index < -0.39 is 28.1 Å². The number of hydrogen-bond donors (Lipinski definition) is 4. The Morgan fingerprint density at radius 1 is 0.857 bits per heavy atom. The van der Waals surface area contributed by atoms with Crippen LogP contribution in [0.2, 0.25) is 0 Å². The molecule has 3 aromatic rings. The van der Waals surface area contributed by atoms with Gasteiger partial charge in [-0.25, -0.2) is 13.4 Å². The molecular weight excluding hydrogens is 641 g/mol. The fraction of sp³-hybridized carbons (Fsp3) is 0.421. The lowest BCUT2D eigenvalue weighted by atomic mass is 9.99. The van der Waals surface area contributed by atoms with E-state index in [2.05, 4.69) is 22.0 Å². The first-order chi connectivity index (χ1) is 23.5.